The number of nitrogens with one attached hydrogen (secondary N) is 1. The third-order valence-electron chi connectivity index (χ3n) is 3.89. The molecule has 0 atom stereocenters. The fourth-order valence-corrected chi connectivity index (χ4v) is 3.88. The van der Waals surface area contributed by atoms with E-state index in [0.29, 0.717) is 6.54 Å². The molecule has 110 valence electrons. The van der Waals surface area contributed by atoms with Crippen LogP contribution in [0.5, 0.6) is 0 Å². The van der Waals surface area contributed by atoms with Crippen LogP contribution in [0.4, 0.5) is 0 Å². The number of hydrogen-bond donors (Lipinski definition) is 1. The van der Waals surface area contributed by atoms with Gasteiger partial charge in [-0.05, 0) is 50.3 Å². The molecule has 0 aromatic heterocycles. The minimum Gasteiger partial charge on any atom is -0.376 e. The van der Waals surface area contributed by atoms with Gasteiger partial charge in [-0.1, -0.05) is 17.2 Å². The average Bonchev–Trinajstić information content (AvgIpc) is 2.45. The van der Waals surface area contributed by atoms with Gasteiger partial charge in [0.1, 0.15) is 0 Å². The highest BCUT2D eigenvalue weighted by atomic mass is 32.2. The Morgan fingerprint density at radius 3 is 2.40 bits per heavy atom. The number of thioether (sulfide) groups is 1. The quantitative estimate of drug-likeness (QED) is 0.927. The van der Waals surface area contributed by atoms with Crippen LogP contribution in [0.15, 0.2) is 18.2 Å². The van der Waals surface area contributed by atoms with E-state index in [2.05, 4.69) is 11.4 Å². The van der Waals surface area contributed by atoms with Crippen LogP contribution in [0, 0.1) is 13.8 Å². The summed E-state index contributed by atoms with van der Waals surface area (Å²) in [7, 11) is 1.75. The zero-order valence-corrected chi connectivity index (χ0v) is 13.3. The van der Waals surface area contributed by atoms with E-state index in [1.807, 2.05) is 37.7 Å². The molecule has 4 heteroatoms. The Morgan fingerprint density at radius 2 is 1.85 bits per heavy atom. The Balaban J connectivity index is 2.00. The Kier molecular flexibility index (Phi) is 5.11. The molecule has 1 fully saturated rings. The number of amides is 1. The van der Waals surface area contributed by atoms with Crippen molar-refractivity contribution in [2.45, 2.75) is 32.3 Å². The first-order valence-corrected chi connectivity index (χ1v) is 8.19. The molecular formula is C16H23NO2S. The lowest BCUT2D eigenvalue weighted by Crippen LogP contribution is -2.46. The lowest BCUT2D eigenvalue weighted by Gasteiger charge is -2.35. The molecule has 0 saturated carbocycles. The molecule has 1 aromatic carbocycles. The molecule has 3 nitrogen and oxygen atoms in total. The van der Waals surface area contributed by atoms with Crippen molar-refractivity contribution in [1.29, 1.82) is 0 Å². The van der Waals surface area contributed by atoms with Gasteiger partial charge in [0.2, 0.25) is 0 Å². The van der Waals surface area contributed by atoms with Crippen molar-refractivity contribution in [3.63, 3.8) is 0 Å². The third-order valence-corrected chi connectivity index (χ3v) is 4.88. The van der Waals surface area contributed by atoms with Crippen molar-refractivity contribution >= 4 is 17.7 Å². The Hall–Kier alpha value is -1.00. The van der Waals surface area contributed by atoms with Crippen LogP contribution < -0.4 is 5.32 Å². The van der Waals surface area contributed by atoms with Crippen molar-refractivity contribution in [2.24, 2.45) is 0 Å². The van der Waals surface area contributed by atoms with E-state index in [1.165, 1.54) is 0 Å². The van der Waals surface area contributed by atoms with Crippen LogP contribution in [-0.4, -0.2) is 36.7 Å². The van der Waals surface area contributed by atoms with Gasteiger partial charge in [0.05, 0.1) is 5.60 Å². The highest BCUT2D eigenvalue weighted by Gasteiger charge is 2.32. The van der Waals surface area contributed by atoms with Gasteiger partial charge in [0, 0.05) is 19.2 Å². The number of carbonyl (C=O) groups excluding carboxylic acids is 1. The summed E-state index contributed by atoms with van der Waals surface area (Å²) in [6.45, 7) is 4.62. The maximum atomic E-state index is 12.3. The van der Waals surface area contributed by atoms with E-state index in [-0.39, 0.29) is 11.5 Å². The minimum absolute atomic E-state index is 0.00792. The predicted molar refractivity (Wildman–Crippen MR) is 84.5 cm³/mol. The van der Waals surface area contributed by atoms with E-state index in [0.717, 1.165) is 41.0 Å². The average molecular weight is 293 g/mol. The fraction of sp³-hybridized carbons (Fsp3) is 0.562. The molecule has 1 aromatic rings. The predicted octanol–water partition coefficient (Wildman–Crippen LogP) is 2.95. The van der Waals surface area contributed by atoms with E-state index < -0.39 is 0 Å². The number of methoxy groups -OCH3 is 1. The molecule has 1 heterocycles. The SMILES string of the molecule is COC1(CNC(=O)c2cc(C)cc(C)c2)CCSCC1. The van der Waals surface area contributed by atoms with Gasteiger partial charge in [-0.25, -0.2) is 0 Å². The Bertz CT molecular complexity index is 461. The molecule has 2 rings (SSSR count). The molecule has 1 aliphatic rings. The van der Waals surface area contributed by atoms with Gasteiger partial charge in [0.25, 0.3) is 5.91 Å². The lowest BCUT2D eigenvalue weighted by atomic mass is 9.96. The summed E-state index contributed by atoms with van der Waals surface area (Å²) < 4.78 is 5.68. The number of ether oxygens (including phenoxy) is 1. The van der Waals surface area contributed by atoms with Crippen molar-refractivity contribution in [3.8, 4) is 0 Å². The summed E-state index contributed by atoms with van der Waals surface area (Å²) in [6.07, 6.45) is 2.00. The normalized spacial score (nSPS) is 17.8. The number of aryl methyl sites for hydroxylation is 2. The van der Waals surface area contributed by atoms with E-state index in [9.17, 15) is 4.79 Å². The molecule has 1 N–H and O–H groups in total. The molecule has 1 saturated heterocycles. The van der Waals surface area contributed by atoms with Gasteiger partial charge >= 0.3 is 0 Å². The van der Waals surface area contributed by atoms with Gasteiger partial charge in [-0.3, -0.25) is 4.79 Å². The summed E-state index contributed by atoms with van der Waals surface area (Å²) in [5.41, 5.74) is 2.79. The molecule has 1 amide bonds. The molecule has 0 spiro atoms. The highest BCUT2D eigenvalue weighted by molar-refractivity contribution is 7.99. The number of rotatable bonds is 4. The Labute approximate surface area is 125 Å². The summed E-state index contributed by atoms with van der Waals surface area (Å²) in [4.78, 5) is 12.3. The van der Waals surface area contributed by atoms with Crippen LogP contribution in [0.1, 0.15) is 34.3 Å². The maximum Gasteiger partial charge on any atom is 0.251 e. The van der Waals surface area contributed by atoms with Gasteiger partial charge < -0.3 is 10.1 Å². The van der Waals surface area contributed by atoms with Gasteiger partial charge in [0.15, 0.2) is 0 Å². The molecule has 20 heavy (non-hydrogen) atoms. The third kappa shape index (κ3) is 3.76. The second kappa shape index (κ2) is 6.64. The van der Waals surface area contributed by atoms with Crippen LogP contribution in [0.3, 0.4) is 0 Å². The largest absolute Gasteiger partial charge is 0.376 e. The number of carbonyl (C=O) groups is 1. The summed E-state index contributed by atoms with van der Waals surface area (Å²) in [5, 5.41) is 3.04. The maximum absolute atomic E-state index is 12.3. The minimum atomic E-state index is -0.181. The zero-order valence-electron chi connectivity index (χ0n) is 12.5. The van der Waals surface area contributed by atoms with Gasteiger partial charge in [-0.2, -0.15) is 11.8 Å². The summed E-state index contributed by atoms with van der Waals surface area (Å²) >= 11 is 1.95. The lowest BCUT2D eigenvalue weighted by molar-refractivity contribution is -0.0149. The second-order valence-corrected chi connectivity index (χ2v) is 6.78. The molecule has 0 unspecified atom stereocenters. The standard InChI is InChI=1S/C16H23NO2S/c1-12-8-13(2)10-14(9-12)15(18)17-11-16(19-3)4-6-20-7-5-16/h8-10H,4-7,11H2,1-3H3,(H,17,18). The second-order valence-electron chi connectivity index (χ2n) is 5.56. The van der Waals surface area contributed by atoms with Crippen LogP contribution >= 0.6 is 11.8 Å². The molecule has 1 aliphatic heterocycles. The first-order valence-electron chi connectivity index (χ1n) is 7.04. The van der Waals surface area contributed by atoms with E-state index in [1.54, 1.807) is 7.11 Å². The van der Waals surface area contributed by atoms with Crippen molar-refractivity contribution < 1.29 is 9.53 Å². The fourth-order valence-electron chi connectivity index (χ4n) is 2.65. The van der Waals surface area contributed by atoms with E-state index >= 15 is 0 Å². The zero-order chi connectivity index (χ0) is 14.6. The molecule has 0 aliphatic carbocycles. The van der Waals surface area contributed by atoms with Crippen LogP contribution in [0.25, 0.3) is 0 Å². The first kappa shape index (κ1) is 15.4. The number of hydrogen-bond acceptors (Lipinski definition) is 3. The monoisotopic (exact) mass is 293 g/mol. The smallest absolute Gasteiger partial charge is 0.251 e. The Morgan fingerprint density at radius 1 is 1.25 bits per heavy atom. The molecular weight excluding hydrogens is 270 g/mol. The molecule has 0 radical (unpaired) electrons. The molecule has 0 bridgehead atoms. The summed E-state index contributed by atoms with van der Waals surface area (Å²) in [5.74, 6) is 2.20. The highest BCUT2D eigenvalue weighted by Crippen LogP contribution is 2.29. The van der Waals surface area contributed by atoms with Crippen molar-refractivity contribution in [3.05, 3.63) is 34.9 Å². The van der Waals surface area contributed by atoms with Crippen LogP contribution in [-0.2, 0) is 4.74 Å². The van der Waals surface area contributed by atoms with Crippen molar-refractivity contribution in [2.75, 3.05) is 25.2 Å². The summed E-state index contributed by atoms with van der Waals surface area (Å²) in [6, 6.07) is 5.93. The van der Waals surface area contributed by atoms with Gasteiger partial charge in [-0.15, -0.1) is 0 Å². The van der Waals surface area contributed by atoms with E-state index in [4.69, 9.17) is 4.74 Å². The first-order chi connectivity index (χ1) is 9.54. The number of benzene rings is 1. The van der Waals surface area contributed by atoms with Crippen LogP contribution in [0.2, 0.25) is 0 Å². The van der Waals surface area contributed by atoms with Crippen molar-refractivity contribution in [1.82, 2.24) is 5.32 Å². The topological polar surface area (TPSA) is 38.3 Å².